The SMILES string of the molecule is CC(=O)N1CCC2(C1)C(=O)N(c1ccccc1F)Cc1c(N[C@H](C)c3cccc(C(F)(F)F)c3F)ncnc12. The van der Waals surface area contributed by atoms with E-state index in [9.17, 15) is 31.5 Å². The van der Waals surface area contributed by atoms with Crippen LogP contribution in [-0.2, 0) is 27.7 Å². The number of nitrogens with one attached hydrogen (secondary N) is 1. The van der Waals surface area contributed by atoms with E-state index in [1.165, 1.54) is 54.2 Å². The minimum Gasteiger partial charge on any atom is -0.363 e. The van der Waals surface area contributed by atoms with Crippen LogP contribution in [0.4, 0.5) is 33.5 Å². The molecule has 3 aromatic rings. The minimum atomic E-state index is -4.87. The molecule has 2 aliphatic heterocycles. The highest BCUT2D eigenvalue weighted by atomic mass is 19.4. The maximum Gasteiger partial charge on any atom is 0.419 e. The number of benzene rings is 2. The Morgan fingerprint density at radius 3 is 2.51 bits per heavy atom. The lowest BCUT2D eigenvalue weighted by Gasteiger charge is -2.40. The number of fused-ring (bicyclic) bond motifs is 2. The van der Waals surface area contributed by atoms with Crippen LogP contribution in [0.2, 0.25) is 0 Å². The molecule has 2 aliphatic rings. The van der Waals surface area contributed by atoms with E-state index >= 15 is 0 Å². The molecule has 2 atom stereocenters. The van der Waals surface area contributed by atoms with Gasteiger partial charge in [-0.3, -0.25) is 9.59 Å². The minimum absolute atomic E-state index is 0.0212. The summed E-state index contributed by atoms with van der Waals surface area (Å²) in [5.41, 5.74) is -2.12. The van der Waals surface area contributed by atoms with Crippen molar-refractivity contribution in [2.24, 2.45) is 0 Å². The summed E-state index contributed by atoms with van der Waals surface area (Å²) in [7, 11) is 0. The molecule has 0 radical (unpaired) electrons. The number of halogens is 5. The maximum atomic E-state index is 14.9. The smallest absolute Gasteiger partial charge is 0.363 e. The van der Waals surface area contributed by atoms with Crippen molar-refractivity contribution >= 4 is 23.3 Å². The second-order valence-electron chi connectivity index (χ2n) is 9.74. The average molecular weight is 546 g/mol. The average Bonchev–Trinajstić information content (AvgIpc) is 3.33. The molecule has 7 nitrogen and oxygen atoms in total. The van der Waals surface area contributed by atoms with Gasteiger partial charge in [-0.2, -0.15) is 13.2 Å². The van der Waals surface area contributed by atoms with Gasteiger partial charge in [-0.1, -0.05) is 24.3 Å². The van der Waals surface area contributed by atoms with Gasteiger partial charge in [0.15, 0.2) is 0 Å². The summed E-state index contributed by atoms with van der Waals surface area (Å²) in [6.07, 6.45) is -3.43. The first-order valence-electron chi connectivity index (χ1n) is 12.2. The van der Waals surface area contributed by atoms with Crippen molar-refractivity contribution in [3.8, 4) is 0 Å². The lowest BCUT2D eigenvalue weighted by molar-refractivity contribution is -0.140. The third-order valence-corrected chi connectivity index (χ3v) is 7.38. The number of aromatic nitrogens is 2. The van der Waals surface area contributed by atoms with Gasteiger partial charge in [-0.25, -0.2) is 18.7 Å². The van der Waals surface area contributed by atoms with Gasteiger partial charge in [0.2, 0.25) is 11.8 Å². The highest BCUT2D eigenvalue weighted by Crippen LogP contribution is 2.45. The number of nitrogens with zero attached hydrogens (tertiary/aromatic N) is 4. The highest BCUT2D eigenvalue weighted by Gasteiger charge is 2.54. The normalized spacial score (nSPS) is 19.8. The first-order chi connectivity index (χ1) is 18.4. The van der Waals surface area contributed by atoms with Gasteiger partial charge in [-0.15, -0.1) is 0 Å². The number of hydrogen-bond acceptors (Lipinski definition) is 5. The zero-order chi connectivity index (χ0) is 28.1. The predicted molar refractivity (Wildman–Crippen MR) is 132 cm³/mol. The van der Waals surface area contributed by atoms with E-state index in [0.29, 0.717) is 17.3 Å². The molecule has 1 saturated heterocycles. The van der Waals surface area contributed by atoms with Crippen LogP contribution >= 0.6 is 0 Å². The van der Waals surface area contributed by atoms with E-state index in [1.807, 2.05) is 0 Å². The number of carbonyl (C=O) groups is 2. The van der Waals surface area contributed by atoms with Gasteiger partial charge >= 0.3 is 6.18 Å². The van der Waals surface area contributed by atoms with Gasteiger partial charge in [-0.05, 0) is 31.5 Å². The summed E-state index contributed by atoms with van der Waals surface area (Å²) in [5.74, 6) is -2.52. The van der Waals surface area contributed by atoms with Crippen molar-refractivity contribution in [2.75, 3.05) is 23.3 Å². The summed E-state index contributed by atoms with van der Waals surface area (Å²) < 4.78 is 69.6. The molecule has 5 rings (SSSR count). The molecule has 1 aromatic heterocycles. The van der Waals surface area contributed by atoms with Crippen molar-refractivity contribution in [3.05, 3.63) is 82.8 Å². The zero-order valence-electron chi connectivity index (χ0n) is 21.0. The molecule has 0 saturated carbocycles. The lowest BCUT2D eigenvalue weighted by Crippen LogP contribution is -2.54. The Hall–Kier alpha value is -4.09. The number of carbonyl (C=O) groups excluding carboxylic acids is 2. The fourth-order valence-corrected chi connectivity index (χ4v) is 5.39. The Morgan fingerprint density at radius 1 is 1.10 bits per heavy atom. The molecule has 3 heterocycles. The van der Waals surface area contributed by atoms with Crippen molar-refractivity contribution in [2.45, 2.75) is 44.4 Å². The summed E-state index contributed by atoms with van der Waals surface area (Å²) in [5, 5.41) is 2.98. The molecule has 2 amide bonds. The van der Waals surface area contributed by atoms with E-state index < -0.39 is 40.7 Å². The Balaban J connectivity index is 1.60. The topological polar surface area (TPSA) is 78.4 Å². The van der Waals surface area contributed by atoms with Crippen molar-refractivity contribution in [1.82, 2.24) is 14.9 Å². The monoisotopic (exact) mass is 545 g/mol. The number of para-hydroxylation sites is 1. The molecular formula is C27H24F5N5O2. The number of amides is 2. The van der Waals surface area contributed by atoms with Crippen LogP contribution < -0.4 is 10.2 Å². The van der Waals surface area contributed by atoms with Crippen molar-refractivity contribution in [3.63, 3.8) is 0 Å². The summed E-state index contributed by atoms with van der Waals surface area (Å²) in [6, 6.07) is 7.84. The van der Waals surface area contributed by atoms with Crippen LogP contribution in [-0.4, -0.2) is 39.8 Å². The first kappa shape index (κ1) is 26.5. The molecule has 39 heavy (non-hydrogen) atoms. The molecule has 0 aliphatic carbocycles. The summed E-state index contributed by atoms with van der Waals surface area (Å²) in [6.45, 7) is 3.04. The van der Waals surface area contributed by atoms with E-state index in [0.717, 1.165) is 6.07 Å². The molecule has 1 N–H and O–H groups in total. The number of anilines is 2. The van der Waals surface area contributed by atoms with E-state index in [4.69, 9.17) is 0 Å². The van der Waals surface area contributed by atoms with E-state index in [2.05, 4.69) is 15.3 Å². The first-order valence-corrected chi connectivity index (χ1v) is 12.2. The Bertz CT molecular complexity index is 1460. The summed E-state index contributed by atoms with van der Waals surface area (Å²) in [4.78, 5) is 37.6. The highest BCUT2D eigenvalue weighted by molar-refractivity contribution is 6.04. The van der Waals surface area contributed by atoms with Gasteiger partial charge in [0.05, 0.1) is 29.5 Å². The number of rotatable bonds is 4. The van der Waals surface area contributed by atoms with Gasteiger partial charge in [0.1, 0.15) is 29.2 Å². The molecule has 2 aromatic carbocycles. The van der Waals surface area contributed by atoms with Crippen LogP contribution in [0.5, 0.6) is 0 Å². The molecule has 204 valence electrons. The van der Waals surface area contributed by atoms with Crippen LogP contribution in [0.1, 0.15) is 48.7 Å². The Kier molecular flexibility index (Phi) is 6.51. The Labute approximate surface area is 220 Å². The van der Waals surface area contributed by atoms with E-state index in [1.54, 1.807) is 6.07 Å². The van der Waals surface area contributed by atoms with E-state index in [-0.39, 0.29) is 49.0 Å². The fraction of sp³-hybridized carbons (Fsp3) is 0.333. The van der Waals surface area contributed by atoms with Crippen molar-refractivity contribution < 1.29 is 31.5 Å². The number of alkyl halides is 3. The molecular weight excluding hydrogens is 521 g/mol. The number of hydrogen-bond donors (Lipinski definition) is 1. The standard InChI is InChI=1S/C27H24F5N5O2/c1-15(17-6-5-7-19(22(17)29)27(30,31)32)35-24-18-12-37(21-9-4-3-8-20(21)28)25(39)26(23(18)33-14-34-24)10-11-36(13-26)16(2)38/h3-9,14-15H,10-13H2,1-2H3,(H,33,34,35)/t15-,26?/m1/s1. The molecule has 1 spiro atoms. The largest absolute Gasteiger partial charge is 0.419 e. The van der Waals surface area contributed by atoms with Crippen LogP contribution in [0.3, 0.4) is 0 Å². The second-order valence-corrected chi connectivity index (χ2v) is 9.74. The Morgan fingerprint density at radius 2 is 1.85 bits per heavy atom. The van der Waals surface area contributed by atoms with Gasteiger partial charge in [0.25, 0.3) is 0 Å². The third kappa shape index (κ3) is 4.47. The molecule has 1 fully saturated rings. The van der Waals surface area contributed by atoms with Crippen LogP contribution in [0, 0.1) is 11.6 Å². The molecule has 0 bridgehead atoms. The second kappa shape index (κ2) is 9.58. The van der Waals surface area contributed by atoms with Gasteiger partial charge in [0, 0.05) is 31.1 Å². The number of likely N-dealkylation sites (tertiary alicyclic amines) is 1. The third-order valence-electron chi connectivity index (χ3n) is 7.38. The van der Waals surface area contributed by atoms with Gasteiger partial charge < -0.3 is 15.1 Å². The zero-order valence-corrected chi connectivity index (χ0v) is 21.0. The predicted octanol–water partition coefficient (Wildman–Crippen LogP) is 4.98. The van der Waals surface area contributed by atoms with Crippen molar-refractivity contribution in [1.29, 1.82) is 0 Å². The lowest BCUT2D eigenvalue weighted by atomic mass is 9.76. The summed E-state index contributed by atoms with van der Waals surface area (Å²) >= 11 is 0. The fourth-order valence-electron chi connectivity index (χ4n) is 5.39. The quantitative estimate of drug-likeness (QED) is 0.468. The molecule has 12 heteroatoms. The maximum absolute atomic E-state index is 14.9. The van der Waals surface area contributed by atoms with Crippen LogP contribution in [0.25, 0.3) is 0 Å². The van der Waals surface area contributed by atoms with Crippen LogP contribution in [0.15, 0.2) is 48.8 Å². The molecule has 1 unspecified atom stereocenters.